The Balaban J connectivity index is 1.72. The topological polar surface area (TPSA) is 66.8 Å². The molecule has 5 heteroatoms. The van der Waals surface area contributed by atoms with Crippen LogP contribution in [0.4, 0.5) is 0 Å². The molecule has 1 unspecified atom stereocenters. The zero-order valence-corrected chi connectivity index (χ0v) is 19.7. The van der Waals surface area contributed by atoms with Crippen molar-refractivity contribution in [1.82, 2.24) is 4.90 Å². The summed E-state index contributed by atoms with van der Waals surface area (Å²) in [5.41, 5.74) is 3.28. The van der Waals surface area contributed by atoms with E-state index < -0.39 is 17.7 Å². The lowest BCUT2D eigenvalue weighted by Crippen LogP contribution is -2.29. The van der Waals surface area contributed by atoms with Crippen molar-refractivity contribution in [1.29, 1.82) is 0 Å². The molecule has 1 amide bonds. The van der Waals surface area contributed by atoms with Crippen molar-refractivity contribution in [2.75, 3.05) is 6.61 Å². The van der Waals surface area contributed by atoms with Crippen molar-refractivity contribution >= 4 is 17.4 Å². The third kappa shape index (κ3) is 4.88. The van der Waals surface area contributed by atoms with Gasteiger partial charge in [0.2, 0.25) is 0 Å². The summed E-state index contributed by atoms with van der Waals surface area (Å²) < 4.78 is 5.76. The molecule has 5 nitrogen and oxygen atoms in total. The Hall–Kier alpha value is -3.86. The zero-order chi connectivity index (χ0) is 24.2. The molecule has 0 aromatic heterocycles. The summed E-state index contributed by atoms with van der Waals surface area (Å²) in [6.07, 6.45) is 0. The summed E-state index contributed by atoms with van der Waals surface area (Å²) in [5.74, 6) is -0.274. The fourth-order valence-electron chi connectivity index (χ4n) is 4.13. The number of hydrogen-bond donors (Lipinski definition) is 1. The summed E-state index contributed by atoms with van der Waals surface area (Å²) >= 11 is 0. The number of nitrogens with zero attached hydrogens (tertiary/aromatic N) is 1. The smallest absolute Gasteiger partial charge is 0.295 e. The van der Waals surface area contributed by atoms with Crippen molar-refractivity contribution in [3.8, 4) is 5.75 Å². The lowest BCUT2D eigenvalue weighted by Gasteiger charge is -2.26. The first kappa shape index (κ1) is 23.3. The molecule has 0 aliphatic carbocycles. The van der Waals surface area contributed by atoms with Crippen LogP contribution in [0.3, 0.4) is 0 Å². The van der Waals surface area contributed by atoms with Crippen LogP contribution in [0.25, 0.3) is 5.76 Å². The number of Topliss-reactive ketones (excluding diaryl/α,β-unsaturated/α-hetero) is 1. The molecule has 0 saturated carbocycles. The van der Waals surface area contributed by atoms with Gasteiger partial charge in [-0.3, -0.25) is 9.59 Å². The molecule has 1 saturated heterocycles. The molecule has 0 spiro atoms. The van der Waals surface area contributed by atoms with Crippen LogP contribution in [0.5, 0.6) is 5.75 Å². The molecule has 174 valence electrons. The van der Waals surface area contributed by atoms with Gasteiger partial charge in [0.05, 0.1) is 18.2 Å². The Morgan fingerprint density at radius 2 is 1.68 bits per heavy atom. The average Bonchev–Trinajstić information content (AvgIpc) is 3.08. The third-order valence-electron chi connectivity index (χ3n) is 5.80. The number of aryl methyl sites for hydroxylation is 1. The lowest BCUT2D eigenvalue weighted by atomic mass is 9.94. The van der Waals surface area contributed by atoms with E-state index in [4.69, 9.17) is 4.74 Å². The van der Waals surface area contributed by atoms with Gasteiger partial charge in [0.25, 0.3) is 11.7 Å². The summed E-state index contributed by atoms with van der Waals surface area (Å²) in [6.45, 7) is 7.00. The van der Waals surface area contributed by atoms with Crippen molar-refractivity contribution in [3.05, 3.63) is 107 Å². The molecule has 0 bridgehead atoms. The third-order valence-corrected chi connectivity index (χ3v) is 5.80. The number of carbonyl (C=O) groups excluding carboxylic acids is 2. The predicted octanol–water partition coefficient (Wildman–Crippen LogP) is 5.65. The molecular formula is C29H29NO4. The number of aliphatic hydroxyl groups excluding tert-OH is 1. The summed E-state index contributed by atoms with van der Waals surface area (Å²) in [4.78, 5) is 27.9. The molecule has 1 heterocycles. The van der Waals surface area contributed by atoms with Gasteiger partial charge in [-0.05, 0) is 36.1 Å². The van der Waals surface area contributed by atoms with Gasteiger partial charge in [0, 0.05) is 12.1 Å². The van der Waals surface area contributed by atoms with E-state index in [2.05, 4.69) is 13.8 Å². The maximum atomic E-state index is 13.2. The van der Waals surface area contributed by atoms with E-state index in [-0.39, 0.29) is 17.9 Å². The van der Waals surface area contributed by atoms with Crippen molar-refractivity contribution in [2.45, 2.75) is 33.4 Å². The largest absolute Gasteiger partial charge is 0.507 e. The second kappa shape index (κ2) is 9.96. The monoisotopic (exact) mass is 455 g/mol. The summed E-state index contributed by atoms with van der Waals surface area (Å²) in [7, 11) is 0. The molecule has 1 atom stereocenters. The first-order valence-corrected chi connectivity index (χ1v) is 11.5. The van der Waals surface area contributed by atoms with Gasteiger partial charge in [-0.25, -0.2) is 0 Å². The van der Waals surface area contributed by atoms with Crippen LogP contribution < -0.4 is 4.74 Å². The number of ether oxygens (including phenoxy) is 1. The van der Waals surface area contributed by atoms with Gasteiger partial charge in [-0.2, -0.15) is 0 Å². The van der Waals surface area contributed by atoms with E-state index in [9.17, 15) is 14.7 Å². The Labute approximate surface area is 200 Å². The zero-order valence-electron chi connectivity index (χ0n) is 19.7. The Morgan fingerprint density at radius 1 is 0.971 bits per heavy atom. The molecule has 1 N–H and O–H groups in total. The molecule has 3 aromatic carbocycles. The van der Waals surface area contributed by atoms with Crippen LogP contribution in [0.15, 0.2) is 84.4 Å². The first-order chi connectivity index (χ1) is 16.3. The van der Waals surface area contributed by atoms with Crippen LogP contribution in [0.2, 0.25) is 0 Å². The van der Waals surface area contributed by atoms with Gasteiger partial charge in [0.1, 0.15) is 11.5 Å². The number of benzene rings is 3. The van der Waals surface area contributed by atoms with Gasteiger partial charge >= 0.3 is 0 Å². The lowest BCUT2D eigenvalue weighted by molar-refractivity contribution is -0.140. The van der Waals surface area contributed by atoms with E-state index in [1.54, 1.807) is 24.3 Å². The number of aliphatic hydroxyl groups is 1. The minimum Gasteiger partial charge on any atom is -0.507 e. The van der Waals surface area contributed by atoms with Gasteiger partial charge in [-0.1, -0.05) is 86.1 Å². The number of amides is 1. The van der Waals surface area contributed by atoms with Crippen LogP contribution in [0.1, 0.15) is 42.1 Å². The van der Waals surface area contributed by atoms with Crippen LogP contribution in [-0.2, 0) is 16.1 Å². The highest BCUT2D eigenvalue weighted by atomic mass is 16.5. The van der Waals surface area contributed by atoms with Gasteiger partial charge < -0.3 is 14.7 Å². The van der Waals surface area contributed by atoms with Crippen molar-refractivity contribution in [2.24, 2.45) is 5.92 Å². The maximum absolute atomic E-state index is 13.2. The standard InChI is InChI=1S/C29H29NO4/c1-19(2)18-34-24-14-12-21(13-15-24)17-30-26(23-11-7-8-20(3)16-23)25(28(32)29(30)33)27(31)22-9-5-4-6-10-22/h4-16,19,26,31H,17-18H2,1-3H3/b27-25-. The van der Waals surface area contributed by atoms with E-state index in [0.29, 0.717) is 18.1 Å². The van der Waals surface area contributed by atoms with Crippen LogP contribution >= 0.6 is 0 Å². The quantitative estimate of drug-likeness (QED) is 0.284. The first-order valence-electron chi connectivity index (χ1n) is 11.5. The highest BCUT2D eigenvalue weighted by Gasteiger charge is 2.46. The van der Waals surface area contributed by atoms with E-state index in [1.165, 1.54) is 4.90 Å². The number of ketones is 1. The molecule has 0 radical (unpaired) electrons. The second-order valence-electron chi connectivity index (χ2n) is 9.06. The number of likely N-dealkylation sites (tertiary alicyclic amines) is 1. The second-order valence-corrected chi connectivity index (χ2v) is 9.06. The van der Waals surface area contributed by atoms with Crippen molar-refractivity contribution < 1.29 is 19.4 Å². The van der Waals surface area contributed by atoms with Crippen LogP contribution in [0, 0.1) is 12.8 Å². The fourth-order valence-corrected chi connectivity index (χ4v) is 4.13. The van der Waals surface area contributed by atoms with E-state index in [0.717, 1.165) is 22.4 Å². The molecule has 3 aromatic rings. The van der Waals surface area contributed by atoms with Crippen LogP contribution in [-0.4, -0.2) is 28.3 Å². The molecule has 1 fully saturated rings. The number of rotatable bonds is 7. The number of carbonyl (C=O) groups is 2. The highest BCUT2D eigenvalue weighted by Crippen LogP contribution is 2.40. The summed E-state index contributed by atoms with van der Waals surface area (Å²) in [6, 6.07) is 23.4. The molecule has 1 aliphatic heterocycles. The molecule has 1 aliphatic rings. The number of hydrogen-bond acceptors (Lipinski definition) is 4. The molecule has 34 heavy (non-hydrogen) atoms. The maximum Gasteiger partial charge on any atom is 0.295 e. The highest BCUT2D eigenvalue weighted by molar-refractivity contribution is 6.46. The molecule has 4 rings (SSSR count). The normalized spacial score (nSPS) is 17.4. The average molecular weight is 456 g/mol. The Morgan fingerprint density at radius 3 is 2.32 bits per heavy atom. The predicted molar refractivity (Wildman–Crippen MR) is 132 cm³/mol. The van der Waals surface area contributed by atoms with Crippen molar-refractivity contribution in [3.63, 3.8) is 0 Å². The Kier molecular flexibility index (Phi) is 6.82. The SMILES string of the molecule is Cc1cccc(C2/C(=C(/O)c3ccccc3)C(=O)C(=O)N2Cc2ccc(OCC(C)C)cc2)c1. The Bertz CT molecular complexity index is 1210. The minimum absolute atomic E-state index is 0.110. The van der Waals surface area contributed by atoms with E-state index in [1.807, 2.05) is 61.5 Å². The van der Waals surface area contributed by atoms with E-state index >= 15 is 0 Å². The fraction of sp³-hybridized carbons (Fsp3) is 0.241. The van der Waals surface area contributed by atoms with Gasteiger partial charge in [-0.15, -0.1) is 0 Å². The van der Waals surface area contributed by atoms with Gasteiger partial charge in [0.15, 0.2) is 0 Å². The summed E-state index contributed by atoms with van der Waals surface area (Å²) in [5, 5.41) is 11.1. The minimum atomic E-state index is -0.683. The molecular weight excluding hydrogens is 426 g/mol.